The van der Waals surface area contributed by atoms with Crippen molar-refractivity contribution in [3.63, 3.8) is 0 Å². The summed E-state index contributed by atoms with van der Waals surface area (Å²) in [5, 5.41) is 7.35. The van der Waals surface area contributed by atoms with E-state index >= 15 is 0 Å². The van der Waals surface area contributed by atoms with Crippen molar-refractivity contribution in [3.8, 4) is 34.0 Å². The third kappa shape index (κ3) is 3.92. The van der Waals surface area contributed by atoms with Crippen LogP contribution in [0.25, 0.3) is 34.0 Å². The number of aromatic nitrogens is 4. The second kappa shape index (κ2) is 8.42. The van der Waals surface area contributed by atoms with Crippen LogP contribution in [0.3, 0.4) is 0 Å². The molecule has 7 nitrogen and oxygen atoms in total. The van der Waals surface area contributed by atoms with Gasteiger partial charge in [-0.25, -0.2) is 4.98 Å². The summed E-state index contributed by atoms with van der Waals surface area (Å²) in [4.78, 5) is 23.8. The Bertz CT molecular complexity index is 1230. The summed E-state index contributed by atoms with van der Waals surface area (Å²) in [5.74, 6) is 0.552. The van der Waals surface area contributed by atoms with Crippen LogP contribution in [0.5, 0.6) is 0 Å². The predicted molar refractivity (Wildman–Crippen MR) is 116 cm³/mol. The van der Waals surface area contributed by atoms with E-state index in [2.05, 4.69) is 32.6 Å². The molecule has 1 aromatic carbocycles. The first-order valence-corrected chi connectivity index (χ1v) is 9.85. The highest BCUT2D eigenvalue weighted by atomic mass is 16.5. The number of hydrogen-bond donors (Lipinski definition) is 2. The fraction of sp³-hybridized carbons (Fsp3) is 0.217. The number of nitrogens with zero attached hydrogens (tertiary/aromatic N) is 3. The highest BCUT2D eigenvalue weighted by Gasteiger charge is 2.15. The van der Waals surface area contributed by atoms with Crippen LogP contribution in [0.15, 0.2) is 58.1 Å². The molecule has 0 radical (unpaired) electrons. The van der Waals surface area contributed by atoms with Crippen molar-refractivity contribution in [2.75, 3.05) is 7.05 Å². The van der Waals surface area contributed by atoms with Crippen LogP contribution in [0.2, 0.25) is 0 Å². The second-order valence-electron chi connectivity index (χ2n) is 7.09. The largest absolute Gasteiger partial charge is 0.354 e. The van der Waals surface area contributed by atoms with Gasteiger partial charge in [0.2, 0.25) is 0 Å². The fourth-order valence-corrected chi connectivity index (χ4v) is 3.28. The molecule has 0 spiro atoms. The lowest BCUT2D eigenvalue weighted by atomic mass is 10.1. The monoisotopic (exact) mass is 401 g/mol. The molecule has 2 N–H and O–H groups in total. The molecule has 0 amide bonds. The summed E-state index contributed by atoms with van der Waals surface area (Å²) >= 11 is 0. The first kappa shape index (κ1) is 19.7. The number of benzene rings is 1. The SMILES string of the molecule is CCc1cc(-c2cnc(C)c(-c3cc(-c4ccc(CNC)cc4)no3)n2)c[nH]c1=O. The standard InChI is InChI=1S/C23H23N5O2/c1-4-16-9-18(12-26-23(16)29)20-13-25-14(2)22(27-20)21-10-19(28-30-21)17-7-5-15(6-8-17)11-24-3/h5-10,12-13,24H,4,11H2,1-3H3,(H,26,29). The van der Waals surface area contributed by atoms with Gasteiger partial charge < -0.3 is 14.8 Å². The zero-order chi connectivity index (χ0) is 21.1. The lowest BCUT2D eigenvalue weighted by Crippen LogP contribution is -2.11. The number of H-pyrrole nitrogens is 1. The molecule has 152 valence electrons. The molecule has 0 fully saturated rings. The molecule has 30 heavy (non-hydrogen) atoms. The molecule has 0 aliphatic rings. The summed E-state index contributed by atoms with van der Waals surface area (Å²) in [6, 6.07) is 11.9. The van der Waals surface area contributed by atoms with Crippen molar-refractivity contribution in [3.05, 3.63) is 76.0 Å². The number of hydrogen-bond acceptors (Lipinski definition) is 6. The van der Waals surface area contributed by atoms with Crippen molar-refractivity contribution >= 4 is 0 Å². The van der Waals surface area contributed by atoms with E-state index in [0.717, 1.165) is 29.1 Å². The van der Waals surface area contributed by atoms with E-state index < -0.39 is 0 Å². The molecular formula is C23H23N5O2. The molecule has 0 saturated heterocycles. The van der Waals surface area contributed by atoms with Crippen molar-refractivity contribution in [2.24, 2.45) is 0 Å². The number of aromatic amines is 1. The topological polar surface area (TPSA) is 96.7 Å². The van der Waals surface area contributed by atoms with Crippen molar-refractivity contribution < 1.29 is 4.52 Å². The Morgan fingerprint density at radius 3 is 2.63 bits per heavy atom. The average molecular weight is 401 g/mol. The van der Waals surface area contributed by atoms with Crippen LogP contribution in [-0.4, -0.2) is 27.2 Å². The molecular weight excluding hydrogens is 378 g/mol. The summed E-state index contributed by atoms with van der Waals surface area (Å²) in [6.07, 6.45) is 4.00. The molecule has 0 unspecified atom stereocenters. The minimum atomic E-state index is -0.0813. The van der Waals surface area contributed by atoms with E-state index in [0.29, 0.717) is 29.1 Å². The minimum absolute atomic E-state index is 0.0813. The lowest BCUT2D eigenvalue weighted by Gasteiger charge is -2.06. The Labute approximate surface area is 174 Å². The Hall–Kier alpha value is -3.58. The van der Waals surface area contributed by atoms with E-state index in [1.807, 2.05) is 45.2 Å². The van der Waals surface area contributed by atoms with Crippen LogP contribution < -0.4 is 10.9 Å². The maximum absolute atomic E-state index is 11.9. The molecule has 0 aliphatic heterocycles. The van der Waals surface area contributed by atoms with E-state index in [1.54, 1.807) is 12.4 Å². The van der Waals surface area contributed by atoms with Crippen molar-refractivity contribution in [2.45, 2.75) is 26.8 Å². The third-order valence-corrected chi connectivity index (χ3v) is 4.99. The normalized spacial score (nSPS) is 11.0. The van der Waals surface area contributed by atoms with Gasteiger partial charge >= 0.3 is 0 Å². The van der Waals surface area contributed by atoms with Gasteiger partial charge in [0, 0.05) is 35.5 Å². The molecule has 3 heterocycles. The molecule has 0 saturated carbocycles. The van der Waals surface area contributed by atoms with Crippen LogP contribution in [0.1, 0.15) is 23.7 Å². The molecule has 7 heteroatoms. The third-order valence-electron chi connectivity index (χ3n) is 4.99. The van der Waals surface area contributed by atoms with Crippen molar-refractivity contribution in [1.29, 1.82) is 0 Å². The molecule has 3 aromatic heterocycles. The highest BCUT2D eigenvalue weighted by molar-refractivity contribution is 5.68. The van der Waals surface area contributed by atoms with Gasteiger partial charge in [0.25, 0.3) is 5.56 Å². The zero-order valence-corrected chi connectivity index (χ0v) is 17.2. The summed E-state index contributed by atoms with van der Waals surface area (Å²) in [7, 11) is 1.92. The molecule has 4 aromatic rings. The Kier molecular flexibility index (Phi) is 5.54. The van der Waals surface area contributed by atoms with Gasteiger partial charge in [0.15, 0.2) is 5.76 Å². The van der Waals surface area contributed by atoms with Gasteiger partial charge in [-0.05, 0) is 32.0 Å². The van der Waals surface area contributed by atoms with E-state index in [9.17, 15) is 4.79 Å². The van der Waals surface area contributed by atoms with E-state index in [1.165, 1.54) is 5.56 Å². The van der Waals surface area contributed by atoms with Gasteiger partial charge in [-0.3, -0.25) is 9.78 Å². The number of rotatable bonds is 6. The highest BCUT2D eigenvalue weighted by Crippen LogP contribution is 2.28. The molecule has 0 bridgehead atoms. The Morgan fingerprint density at radius 2 is 1.90 bits per heavy atom. The van der Waals surface area contributed by atoms with Crippen molar-refractivity contribution in [1.82, 2.24) is 25.4 Å². The quantitative estimate of drug-likeness (QED) is 0.511. The van der Waals surface area contributed by atoms with Gasteiger partial charge in [-0.1, -0.05) is 36.3 Å². The van der Waals surface area contributed by atoms with Crippen LogP contribution in [0.4, 0.5) is 0 Å². The molecule has 0 aliphatic carbocycles. The second-order valence-corrected chi connectivity index (χ2v) is 7.09. The number of pyridine rings is 1. The van der Waals surface area contributed by atoms with Gasteiger partial charge in [-0.2, -0.15) is 0 Å². The lowest BCUT2D eigenvalue weighted by molar-refractivity contribution is 0.433. The number of nitrogens with one attached hydrogen (secondary N) is 2. The summed E-state index contributed by atoms with van der Waals surface area (Å²) < 4.78 is 5.60. The smallest absolute Gasteiger partial charge is 0.251 e. The Morgan fingerprint density at radius 1 is 1.10 bits per heavy atom. The molecule has 4 rings (SSSR count). The van der Waals surface area contributed by atoms with Crippen LogP contribution >= 0.6 is 0 Å². The van der Waals surface area contributed by atoms with Crippen LogP contribution in [-0.2, 0) is 13.0 Å². The zero-order valence-electron chi connectivity index (χ0n) is 17.2. The van der Waals surface area contributed by atoms with E-state index in [-0.39, 0.29) is 5.56 Å². The van der Waals surface area contributed by atoms with E-state index in [4.69, 9.17) is 9.51 Å². The fourth-order valence-electron chi connectivity index (χ4n) is 3.28. The predicted octanol–water partition coefficient (Wildman–Crippen LogP) is 3.74. The average Bonchev–Trinajstić information content (AvgIpc) is 3.25. The Balaban J connectivity index is 1.68. The number of aryl methyl sites for hydroxylation is 2. The first-order chi connectivity index (χ1) is 14.6. The minimum Gasteiger partial charge on any atom is -0.354 e. The maximum atomic E-state index is 11.9. The van der Waals surface area contributed by atoms with Gasteiger partial charge in [-0.15, -0.1) is 0 Å². The maximum Gasteiger partial charge on any atom is 0.251 e. The van der Waals surface area contributed by atoms with Gasteiger partial charge in [0.1, 0.15) is 11.4 Å². The molecule has 0 atom stereocenters. The van der Waals surface area contributed by atoms with Crippen LogP contribution in [0, 0.1) is 6.92 Å². The first-order valence-electron chi connectivity index (χ1n) is 9.85. The summed E-state index contributed by atoms with van der Waals surface area (Å²) in [5.41, 5.74) is 6.38. The van der Waals surface area contributed by atoms with Gasteiger partial charge in [0.05, 0.1) is 17.6 Å². The summed E-state index contributed by atoms with van der Waals surface area (Å²) in [6.45, 7) is 4.64.